The van der Waals surface area contributed by atoms with Crippen LogP contribution in [0.15, 0.2) is 85.2 Å². The van der Waals surface area contributed by atoms with E-state index in [4.69, 9.17) is 34.1 Å². The van der Waals surface area contributed by atoms with E-state index in [1.165, 1.54) is 33.3 Å². The third kappa shape index (κ3) is 30.6. The fourth-order valence-electron chi connectivity index (χ4n) is 15.6. The number of phenolic OH excluding ortho intramolecular Hbond substituents is 1. The van der Waals surface area contributed by atoms with Gasteiger partial charge in [0.25, 0.3) is 0 Å². The van der Waals surface area contributed by atoms with Crippen molar-refractivity contribution in [3.05, 3.63) is 102 Å². The molecule has 0 aliphatic carbocycles. The number of phenols is 1. The molecule has 0 spiro atoms. The predicted octanol–water partition coefficient (Wildman–Crippen LogP) is -4.29. The number of H-pyrrole nitrogens is 2. The Hall–Kier alpha value is -13.0. The second kappa shape index (κ2) is 50.7. The topological polar surface area (TPSA) is 682 Å². The lowest BCUT2D eigenvalue weighted by Crippen LogP contribution is -2.61. The molecule has 7 rings (SSSR count). The number of para-hydroxylation sites is 2. The van der Waals surface area contributed by atoms with Crippen LogP contribution in [0.1, 0.15) is 134 Å². The van der Waals surface area contributed by atoms with Gasteiger partial charge in [-0.2, -0.15) is 0 Å². The number of amides is 17. The number of aromatic nitrogens is 2. The number of thioether (sulfide) groups is 1. The molecule has 43 nitrogen and oxygen atoms in total. The number of aliphatic hydroxyl groups is 2. The van der Waals surface area contributed by atoms with Gasteiger partial charge in [-0.25, -0.2) is 0 Å². The number of aromatic hydroxyl groups is 1. The molecule has 14 atom stereocenters. The number of benzene rings is 3. The van der Waals surface area contributed by atoms with Crippen LogP contribution in [0, 0.1) is 11.3 Å². The number of hydrogen-bond donors (Lipinski definition) is 22. The van der Waals surface area contributed by atoms with Crippen LogP contribution in [-0.4, -0.2) is 301 Å². The number of nitrogens with two attached hydrogens (primary N) is 5. The van der Waals surface area contributed by atoms with Gasteiger partial charge in [-0.1, -0.05) is 102 Å². The first-order valence-electron chi connectivity index (χ1n) is 43.3. The van der Waals surface area contributed by atoms with Crippen LogP contribution < -0.4 is 87.2 Å². The first-order chi connectivity index (χ1) is 61.8. The van der Waals surface area contributed by atoms with E-state index in [1.807, 2.05) is 13.8 Å². The highest BCUT2D eigenvalue weighted by atomic mass is 32.2. The number of unbranched alkanes of at least 4 members (excludes halogenated alkanes) is 2. The summed E-state index contributed by atoms with van der Waals surface area (Å²) in [5.41, 5.74) is 30.6. The van der Waals surface area contributed by atoms with Gasteiger partial charge >= 0.3 is 0 Å². The molecule has 2 aromatic heterocycles. The molecule has 130 heavy (non-hydrogen) atoms. The van der Waals surface area contributed by atoms with Crippen LogP contribution in [-0.2, 0) is 101 Å². The normalized spacial score (nSPS) is 16.7. The zero-order chi connectivity index (χ0) is 95.8. The molecule has 27 N–H and O–H groups in total. The van der Waals surface area contributed by atoms with E-state index in [-0.39, 0.29) is 94.1 Å². The van der Waals surface area contributed by atoms with Crippen molar-refractivity contribution in [2.75, 3.05) is 65.4 Å². The van der Waals surface area contributed by atoms with E-state index in [0.717, 1.165) is 31.4 Å². The average Bonchev–Trinajstić information content (AvgIpc) is 1.64. The molecule has 0 saturated carbocycles. The minimum Gasteiger partial charge on any atom is -0.508 e. The zero-order valence-electron chi connectivity index (χ0n) is 74.1. The molecule has 17 amide bonds. The number of likely N-dealkylation sites (N-methyl/N-ethyl adjacent to an activating group) is 3. The van der Waals surface area contributed by atoms with Crippen molar-refractivity contribution in [2.24, 2.45) is 34.6 Å². The van der Waals surface area contributed by atoms with E-state index < -0.39 is 230 Å². The number of guanidine groups is 1. The number of aliphatic hydroxyl groups excluding tert-OH is 2. The number of carbonyl (C=O) groups excluding carboxylic acids is 17. The number of likely N-dealkylation sites (tertiary alicyclic amines) is 2. The molecule has 4 heterocycles. The van der Waals surface area contributed by atoms with Crippen LogP contribution >= 0.6 is 11.8 Å². The molecule has 2 aliphatic heterocycles. The van der Waals surface area contributed by atoms with Crippen molar-refractivity contribution in [2.45, 2.75) is 221 Å². The largest absolute Gasteiger partial charge is 0.508 e. The lowest BCUT2D eigenvalue weighted by Gasteiger charge is -2.36. The van der Waals surface area contributed by atoms with Crippen LogP contribution in [0.5, 0.6) is 5.75 Å². The standard InChI is InChI=1S/C86H125N23O20S/c1-8-10-23-65(79(123)99-57(22-16-30-94-86(91)92)75(119)105-64(74(118)97-41-71(90)115)44-130-45-72(116)98-58(73(117)93-5)33-47-26-28-50(111)29-27-47)106(6)85(129)67(24-11-9-2)107(7)83(127)62(35-49-40-96-56-21-15-13-19-53(49)56)103-78(122)63(43-110)104-76(120)59(34-48-39-95-55-20-14-12-18-52(48)55)100-81(125)68-36-51(112)42-109(68)84(128)61(32-46(3)4)102-77(121)60(38-70(89)114)101-80(124)66-25-17-31-108(66)82(126)54(87)37-69(88)113/h12-15,18-21,26-29,39-40,46,51,54,57-68,95-96,110-112H,8-11,16-17,22-25,30-38,41-45,87H2,1-7H3,(H2,88,113)(H2,89,114)(H2,90,115)(H,93,117)(H,97,118)(H,98,116)(H,99,123)(H,100,125)(H,101,124)(H,102,121)(H,103,122)(H,104,120)(H,105,119)(H4,91,92,94)/t51-,54+,57+,58+,59+,60+,61+,62+,63+,64?,65+,66+,67+,68+/m1/s1. The maximum atomic E-state index is 15.7. The van der Waals surface area contributed by atoms with Crippen molar-refractivity contribution < 1.29 is 96.8 Å². The minimum absolute atomic E-state index is 0.00106. The fraction of sp³-hybridized carbons (Fsp3) is 0.535. The minimum atomic E-state index is -1.90. The van der Waals surface area contributed by atoms with Crippen LogP contribution in [0.25, 0.3) is 21.8 Å². The second-order valence-corrected chi connectivity index (χ2v) is 33.9. The Bertz CT molecular complexity index is 4840. The van der Waals surface area contributed by atoms with Crippen molar-refractivity contribution in [3.63, 3.8) is 0 Å². The number of β-amino-alcohol motifs (C(OH)–C–C–N with tert-alkyl or cyclic N) is 1. The van der Waals surface area contributed by atoms with E-state index >= 15 is 33.6 Å². The van der Waals surface area contributed by atoms with Gasteiger partial charge in [-0.05, 0) is 91.8 Å². The third-order valence-electron chi connectivity index (χ3n) is 22.4. The molecule has 2 aliphatic rings. The first kappa shape index (κ1) is 104. The van der Waals surface area contributed by atoms with Crippen molar-refractivity contribution in [1.29, 1.82) is 5.41 Å². The maximum absolute atomic E-state index is 15.7. The Morgan fingerprint density at radius 2 is 1.08 bits per heavy atom. The number of nitrogens with one attached hydrogen (secondary N) is 14. The van der Waals surface area contributed by atoms with Gasteiger partial charge < -0.3 is 132 Å². The Kier molecular flexibility index (Phi) is 40.6. The van der Waals surface area contributed by atoms with E-state index in [9.17, 15) is 63.3 Å². The Morgan fingerprint density at radius 1 is 0.554 bits per heavy atom. The van der Waals surface area contributed by atoms with Gasteiger partial charge in [0.15, 0.2) is 5.96 Å². The summed E-state index contributed by atoms with van der Waals surface area (Å²) < 4.78 is 0. The van der Waals surface area contributed by atoms with Gasteiger partial charge in [0.1, 0.15) is 78.3 Å². The quantitative estimate of drug-likeness (QED) is 0.00995. The van der Waals surface area contributed by atoms with Gasteiger partial charge in [-0.3, -0.25) is 86.9 Å². The first-order valence-corrected chi connectivity index (χ1v) is 44.4. The SMILES string of the molecule is CCCC[C@@H](C(=O)N(C)[C@@H](CCCC)C(=O)N[C@@H](CCCNC(=N)N)C(=O)NC(CSCC(=O)N[C@@H](Cc1ccc(O)cc1)C(=O)NC)C(=O)NCC(N)=O)N(C)C(=O)[C@H](Cc1c[nH]c2ccccc12)NC(=O)[C@H](CO)NC(=O)[C@H](Cc1c[nH]c2ccccc12)NC(=O)[C@@H]1C[C@@H](O)CN1C(=O)[C@H](CC(C)C)NC(=O)[C@H](CC(N)=O)NC(=O)[C@@H]1CCCN1C(=O)[C@@H](N)CC(N)=O. The number of primary amides is 3. The summed E-state index contributed by atoms with van der Waals surface area (Å²) in [5, 5.41) is 69.8. The molecule has 0 radical (unpaired) electrons. The van der Waals surface area contributed by atoms with Crippen LogP contribution in [0.4, 0.5) is 0 Å². The van der Waals surface area contributed by atoms with Crippen LogP contribution in [0.2, 0.25) is 0 Å². The average molecular weight is 1830 g/mol. The molecule has 1 unspecified atom stereocenters. The Morgan fingerprint density at radius 3 is 1.67 bits per heavy atom. The van der Waals surface area contributed by atoms with Crippen molar-refractivity contribution in [3.8, 4) is 5.75 Å². The van der Waals surface area contributed by atoms with E-state index in [2.05, 4.69) is 68.5 Å². The fourth-order valence-corrected chi connectivity index (χ4v) is 16.4. The summed E-state index contributed by atoms with van der Waals surface area (Å²) in [5.74, 6) is -16.6. The summed E-state index contributed by atoms with van der Waals surface area (Å²) in [4.78, 5) is 250. The van der Waals surface area contributed by atoms with Gasteiger partial charge in [-0.15, -0.1) is 11.8 Å². The van der Waals surface area contributed by atoms with Gasteiger partial charge in [0, 0.05) is 106 Å². The highest BCUT2D eigenvalue weighted by Crippen LogP contribution is 2.27. The monoisotopic (exact) mass is 1830 g/mol. The lowest BCUT2D eigenvalue weighted by molar-refractivity contribution is -0.149. The number of carbonyl (C=O) groups is 17. The number of fused-ring (bicyclic) bond motifs is 2. The molecule has 710 valence electrons. The number of aromatic amines is 2. The molecular weight excluding hydrogens is 1710 g/mol. The highest BCUT2D eigenvalue weighted by Gasteiger charge is 2.46. The summed E-state index contributed by atoms with van der Waals surface area (Å²) in [6.45, 7) is 4.94. The van der Waals surface area contributed by atoms with Crippen molar-refractivity contribution in [1.82, 2.24) is 88.1 Å². The summed E-state index contributed by atoms with van der Waals surface area (Å²) in [6, 6.07) is 0.646. The molecular formula is C86H125N23O20S. The molecule has 0 bridgehead atoms. The number of hydrogen-bond acceptors (Lipinski definition) is 23. The summed E-state index contributed by atoms with van der Waals surface area (Å²) in [6.07, 6.45) is 1.46. The molecule has 5 aromatic rings. The van der Waals surface area contributed by atoms with E-state index in [1.54, 1.807) is 86.9 Å². The lowest BCUT2D eigenvalue weighted by atomic mass is 10.00. The predicted molar refractivity (Wildman–Crippen MR) is 479 cm³/mol. The molecule has 2 fully saturated rings. The third-order valence-corrected chi connectivity index (χ3v) is 23.5. The molecule has 2 saturated heterocycles. The highest BCUT2D eigenvalue weighted by molar-refractivity contribution is 8.00. The number of nitrogens with zero attached hydrogens (tertiary/aromatic N) is 4. The Labute approximate surface area is 755 Å². The van der Waals surface area contributed by atoms with Gasteiger partial charge in [0.2, 0.25) is 100 Å². The summed E-state index contributed by atoms with van der Waals surface area (Å²) in [7, 11) is 4.06. The second-order valence-electron chi connectivity index (χ2n) is 32.9. The van der Waals surface area contributed by atoms with Crippen molar-refractivity contribution >= 4 is 140 Å². The number of rotatable bonds is 52. The molecule has 3 aromatic carbocycles. The van der Waals surface area contributed by atoms with Gasteiger partial charge in [0.05, 0.1) is 43.9 Å². The van der Waals surface area contributed by atoms with Crippen LogP contribution in [0.3, 0.4) is 0 Å². The van der Waals surface area contributed by atoms with E-state index in [0.29, 0.717) is 70.6 Å². The molecule has 44 heteroatoms. The zero-order valence-corrected chi connectivity index (χ0v) is 74.9. The summed E-state index contributed by atoms with van der Waals surface area (Å²) >= 11 is 0.870. The smallest absolute Gasteiger partial charge is 0.245 e. The Balaban J connectivity index is 1.13. The maximum Gasteiger partial charge on any atom is 0.245 e.